The molecular weight excluding hydrogens is 232 g/mol. The van der Waals surface area contributed by atoms with Crippen molar-refractivity contribution in [2.75, 3.05) is 13.7 Å². The van der Waals surface area contributed by atoms with Crippen molar-refractivity contribution in [2.45, 2.75) is 18.9 Å². The van der Waals surface area contributed by atoms with Gasteiger partial charge >= 0.3 is 0 Å². The van der Waals surface area contributed by atoms with E-state index in [9.17, 15) is 9.59 Å². The van der Waals surface area contributed by atoms with Crippen molar-refractivity contribution in [1.82, 2.24) is 10.6 Å². The summed E-state index contributed by atoms with van der Waals surface area (Å²) in [6.45, 7) is 0.613. The molecule has 1 aliphatic heterocycles. The number of amides is 2. The summed E-state index contributed by atoms with van der Waals surface area (Å²) in [4.78, 5) is 23.2. The second-order valence-corrected chi connectivity index (χ2v) is 4.25. The van der Waals surface area contributed by atoms with E-state index in [4.69, 9.17) is 4.74 Å². The van der Waals surface area contributed by atoms with Crippen LogP contribution in [-0.4, -0.2) is 31.5 Å². The van der Waals surface area contributed by atoms with Crippen molar-refractivity contribution in [3.05, 3.63) is 29.8 Å². The van der Waals surface area contributed by atoms with E-state index in [0.717, 1.165) is 6.42 Å². The predicted molar refractivity (Wildman–Crippen MR) is 66.5 cm³/mol. The van der Waals surface area contributed by atoms with E-state index in [-0.39, 0.29) is 17.9 Å². The summed E-state index contributed by atoms with van der Waals surface area (Å²) in [5.74, 6) is 0.454. The van der Waals surface area contributed by atoms with E-state index in [2.05, 4.69) is 10.6 Å². The molecule has 1 aromatic carbocycles. The highest BCUT2D eigenvalue weighted by molar-refractivity contribution is 5.95. The number of methoxy groups -OCH3 is 1. The van der Waals surface area contributed by atoms with Crippen molar-refractivity contribution >= 4 is 11.8 Å². The van der Waals surface area contributed by atoms with Crippen LogP contribution in [-0.2, 0) is 4.79 Å². The van der Waals surface area contributed by atoms with Gasteiger partial charge in [-0.3, -0.25) is 9.59 Å². The fourth-order valence-electron chi connectivity index (χ4n) is 1.94. The van der Waals surface area contributed by atoms with Gasteiger partial charge in [-0.1, -0.05) is 6.07 Å². The van der Waals surface area contributed by atoms with Crippen LogP contribution in [0.25, 0.3) is 0 Å². The molecule has 1 fully saturated rings. The van der Waals surface area contributed by atoms with Gasteiger partial charge in [0.25, 0.3) is 5.91 Å². The smallest absolute Gasteiger partial charge is 0.251 e. The fraction of sp³-hybridized carbons (Fsp3) is 0.385. The second kappa shape index (κ2) is 5.53. The molecule has 1 aromatic rings. The summed E-state index contributed by atoms with van der Waals surface area (Å²) in [5.41, 5.74) is 0.542. The topological polar surface area (TPSA) is 67.4 Å². The summed E-state index contributed by atoms with van der Waals surface area (Å²) in [6.07, 6.45) is 1.11. The Balaban J connectivity index is 2.00. The van der Waals surface area contributed by atoms with Crippen LogP contribution in [0.5, 0.6) is 5.75 Å². The normalized spacial score (nSPS) is 18.9. The molecule has 0 aliphatic carbocycles. The molecule has 0 aromatic heterocycles. The standard InChI is InChI=1S/C13H16N2O3/c1-18-11-4-2-3-9(7-11)13(17)15-10-5-6-14-12(16)8-10/h2-4,7,10H,5-6,8H2,1H3,(H,14,16)(H,15,17). The van der Waals surface area contributed by atoms with Gasteiger partial charge in [0.1, 0.15) is 5.75 Å². The monoisotopic (exact) mass is 248 g/mol. The third-order valence-electron chi connectivity index (χ3n) is 2.91. The molecule has 2 N–H and O–H groups in total. The Morgan fingerprint density at radius 1 is 1.50 bits per heavy atom. The van der Waals surface area contributed by atoms with E-state index in [1.165, 1.54) is 0 Å². The molecule has 1 heterocycles. The summed E-state index contributed by atoms with van der Waals surface area (Å²) < 4.78 is 5.07. The maximum absolute atomic E-state index is 12.0. The van der Waals surface area contributed by atoms with Crippen LogP contribution >= 0.6 is 0 Å². The molecule has 1 atom stereocenters. The number of carbonyl (C=O) groups is 2. The maximum atomic E-state index is 12.0. The number of hydrogen-bond acceptors (Lipinski definition) is 3. The third-order valence-corrected chi connectivity index (χ3v) is 2.91. The molecule has 18 heavy (non-hydrogen) atoms. The Morgan fingerprint density at radius 3 is 3.06 bits per heavy atom. The first-order valence-corrected chi connectivity index (χ1v) is 5.90. The van der Waals surface area contributed by atoms with Crippen LogP contribution in [0.3, 0.4) is 0 Å². The van der Waals surface area contributed by atoms with Crippen molar-refractivity contribution in [3.8, 4) is 5.75 Å². The molecule has 0 bridgehead atoms. The highest BCUT2D eigenvalue weighted by Gasteiger charge is 2.21. The van der Waals surface area contributed by atoms with E-state index < -0.39 is 0 Å². The average molecular weight is 248 g/mol. The Bertz CT molecular complexity index is 459. The summed E-state index contributed by atoms with van der Waals surface area (Å²) in [5, 5.41) is 5.59. The van der Waals surface area contributed by atoms with Gasteiger partial charge in [0, 0.05) is 24.6 Å². The molecule has 2 amide bonds. The average Bonchev–Trinajstić information content (AvgIpc) is 2.39. The zero-order valence-electron chi connectivity index (χ0n) is 10.2. The van der Waals surface area contributed by atoms with Crippen molar-refractivity contribution < 1.29 is 14.3 Å². The number of hydrogen-bond donors (Lipinski definition) is 2. The van der Waals surface area contributed by atoms with Crippen LogP contribution < -0.4 is 15.4 Å². The lowest BCUT2D eigenvalue weighted by molar-refractivity contribution is -0.122. The molecule has 5 heteroatoms. The summed E-state index contributed by atoms with van der Waals surface area (Å²) in [6, 6.07) is 6.86. The summed E-state index contributed by atoms with van der Waals surface area (Å²) in [7, 11) is 1.56. The number of rotatable bonds is 3. The lowest BCUT2D eigenvalue weighted by atomic mass is 10.1. The molecule has 5 nitrogen and oxygen atoms in total. The third kappa shape index (κ3) is 3.00. The summed E-state index contributed by atoms with van der Waals surface area (Å²) >= 11 is 0. The number of carbonyl (C=O) groups excluding carboxylic acids is 2. The van der Waals surface area contributed by atoms with Crippen molar-refractivity contribution in [2.24, 2.45) is 0 Å². The molecule has 2 rings (SSSR count). The first-order valence-electron chi connectivity index (χ1n) is 5.90. The minimum Gasteiger partial charge on any atom is -0.497 e. The van der Waals surface area contributed by atoms with Crippen LogP contribution in [0.4, 0.5) is 0 Å². The van der Waals surface area contributed by atoms with Gasteiger partial charge in [-0.05, 0) is 24.6 Å². The van der Waals surface area contributed by atoms with Crippen LogP contribution in [0.15, 0.2) is 24.3 Å². The maximum Gasteiger partial charge on any atom is 0.251 e. The Hall–Kier alpha value is -2.04. The number of piperidine rings is 1. The largest absolute Gasteiger partial charge is 0.497 e. The first kappa shape index (κ1) is 12.4. The van der Waals surface area contributed by atoms with Crippen LogP contribution in [0.1, 0.15) is 23.2 Å². The highest BCUT2D eigenvalue weighted by Crippen LogP contribution is 2.13. The minimum atomic E-state index is -0.173. The first-order chi connectivity index (χ1) is 8.69. The second-order valence-electron chi connectivity index (χ2n) is 4.25. The zero-order valence-corrected chi connectivity index (χ0v) is 10.2. The number of benzene rings is 1. The van der Waals surface area contributed by atoms with Gasteiger partial charge in [-0.2, -0.15) is 0 Å². The molecular formula is C13H16N2O3. The molecule has 0 spiro atoms. The van der Waals surface area contributed by atoms with Crippen molar-refractivity contribution in [1.29, 1.82) is 0 Å². The molecule has 0 saturated carbocycles. The van der Waals surface area contributed by atoms with Gasteiger partial charge in [0.2, 0.25) is 5.91 Å². The predicted octanol–water partition coefficient (Wildman–Crippen LogP) is 0.704. The van der Waals surface area contributed by atoms with E-state index in [1.807, 2.05) is 0 Å². The highest BCUT2D eigenvalue weighted by atomic mass is 16.5. The van der Waals surface area contributed by atoms with Gasteiger partial charge in [0.05, 0.1) is 7.11 Å². The molecule has 1 unspecified atom stereocenters. The molecule has 96 valence electrons. The van der Waals surface area contributed by atoms with E-state index >= 15 is 0 Å². The van der Waals surface area contributed by atoms with Crippen molar-refractivity contribution in [3.63, 3.8) is 0 Å². The molecule has 1 saturated heterocycles. The van der Waals surface area contributed by atoms with E-state index in [1.54, 1.807) is 31.4 Å². The number of ether oxygens (including phenoxy) is 1. The quantitative estimate of drug-likeness (QED) is 0.827. The lowest BCUT2D eigenvalue weighted by Crippen LogP contribution is -2.45. The Labute approximate surface area is 106 Å². The van der Waals surface area contributed by atoms with Gasteiger partial charge in [-0.15, -0.1) is 0 Å². The van der Waals surface area contributed by atoms with Gasteiger partial charge in [0.15, 0.2) is 0 Å². The Kier molecular flexibility index (Phi) is 3.82. The Morgan fingerprint density at radius 2 is 2.33 bits per heavy atom. The van der Waals surface area contributed by atoms with E-state index in [0.29, 0.717) is 24.3 Å². The van der Waals surface area contributed by atoms with Crippen LogP contribution in [0, 0.1) is 0 Å². The molecule has 1 aliphatic rings. The van der Waals surface area contributed by atoms with Gasteiger partial charge < -0.3 is 15.4 Å². The molecule has 0 radical (unpaired) electrons. The zero-order chi connectivity index (χ0) is 13.0. The van der Waals surface area contributed by atoms with Gasteiger partial charge in [-0.25, -0.2) is 0 Å². The van der Waals surface area contributed by atoms with Crippen LogP contribution in [0.2, 0.25) is 0 Å². The fourth-order valence-corrected chi connectivity index (χ4v) is 1.94. The number of nitrogens with one attached hydrogen (secondary N) is 2. The minimum absolute atomic E-state index is 0.0165. The SMILES string of the molecule is COc1cccc(C(=O)NC2CCNC(=O)C2)c1. The lowest BCUT2D eigenvalue weighted by Gasteiger charge is -2.23.